The number of aryl methyl sites for hydroxylation is 1. The predicted octanol–water partition coefficient (Wildman–Crippen LogP) is 2.83. The average Bonchev–Trinajstić information content (AvgIpc) is 3.03. The topological polar surface area (TPSA) is 103 Å². The van der Waals surface area contributed by atoms with Crippen molar-refractivity contribution in [3.8, 4) is 0 Å². The van der Waals surface area contributed by atoms with Crippen LogP contribution in [0, 0.1) is 12.7 Å². The maximum Gasteiger partial charge on any atom is 0.341 e. The second-order valence-corrected chi connectivity index (χ2v) is 7.79. The molecule has 3 aromatic rings. The Hall–Kier alpha value is -3.04. The summed E-state index contributed by atoms with van der Waals surface area (Å²) in [5.74, 6) is -2.68. The molecule has 3 rings (SSSR count). The third-order valence-corrected chi connectivity index (χ3v) is 5.58. The van der Waals surface area contributed by atoms with Gasteiger partial charge in [0.1, 0.15) is 11.4 Å². The highest BCUT2D eigenvalue weighted by Gasteiger charge is 2.22. The molecular formula is C19H16FNO6S. The lowest BCUT2D eigenvalue weighted by Gasteiger charge is -2.07. The SMILES string of the molecule is CNS(=O)(=O)c1ccc(F)c(C(=O)OCC(=O)c2oc3ccccc3c2C)c1. The molecule has 0 bridgehead atoms. The van der Waals surface area contributed by atoms with E-state index < -0.39 is 39.8 Å². The minimum absolute atomic E-state index is 0.0426. The van der Waals surface area contributed by atoms with Gasteiger partial charge in [0.15, 0.2) is 12.4 Å². The van der Waals surface area contributed by atoms with Gasteiger partial charge in [-0.05, 0) is 38.2 Å². The van der Waals surface area contributed by atoms with Gasteiger partial charge in [0.25, 0.3) is 0 Å². The number of benzene rings is 2. The van der Waals surface area contributed by atoms with Crippen LogP contribution in [0.15, 0.2) is 51.8 Å². The number of carbonyl (C=O) groups is 2. The van der Waals surface area contributed by atoms with Gasteiger partial charge in [0, 0.05) is 10.9 Å². The van der Waals surface area contributed by atoms with Crippen molar-refractivity contribution >= 4 is 32.7 Å². The van der Waals surface area contributed by atoms with E-state index in [1.54, 1.807) is 31.2 Å². The van der Waals surface area contributed by atoms with Gasteiger partial charge in [-0.1, -0.05) is 18.2 Å². The normalized spacial score (nSPS) is 11.5. The summed E-state index contributed by atoms with van der Waals surface area (Å²) >= 11 is 0. The Balaban J connectivity index is 1.79. The Bertz CT molecular complexity index is 1180. The van der Waals surface area contributed by atoms with E-state index in [9.17, 15) is 22.4 Å². The number of fused-ring (bicyclic) bond motifs is 1. The molecule has 0 radical (unpaired) electrons. The van der Waals surface area contributed by atoms with E-state index in [4.69, 9.17) is 9.15 Å². The molecule has 0 atom stereocenters. The smallest absolute Gasteiger partial charge is 0.341 e. The van der Waals surface area contributed by atoms with Gasteiger partial charge in [-0.3, -0.25) is 4.79 Å². The van der Waals surface area contributed by atoms with Crippen molar-refractivity contribution in [2.24, 2.45) is 0 Å². The van der Waals surface area contributed by atoms with Gasteiger partial charge >= 0.3 is 5.97 Å². The molecule has 9 heteroatoms. The number of rotatable bonds is 6. The number of Topliss-reactive ketones (excluding diaryl/α,β-unsaturated/α-hetero) is 1. The number of ether oxygens (including phenoxy) is 1. The summed E-state index contributed by atoms with van der Waals surface area (Å²) in [6.45, 7) is 1.02. The summed E-state index contributed by atoms with van der Waals surface area (Å²) < 4.78 is 50.0. The van der Waals surface area contributed by atoms with Gasteiger partial charge in [-0.2, -0.15) is 0 Å². The van der Waals surface area contributed by atoms with Crippen molar-refractivity contribution < 1.29 is 31.6 Å². The first-order valence-corrected chi connectivity index (χ1v) is 9.64. The Kier molecular flexibility index (Phi) is 5.30. The second kappa shape index (κ2) is 7.53. The van der Waals surface area contributed by atoms with Gasteiger partial charge < -0.3 is 9.15 Å². The number of para-hydroxylation sites is 1. The van der Waals surface area contributed by atoms with E-state index in [0.717, 1.165) is 23.6 Å². The second-order valence-electron chi connectivity index (χ2n) is 5.90. The molecule has 0 spiro atoms. The van der Waals surface area contributed by atoms with E-state index in [-0.39, 0.29) is 10.7 Å². The van der Waals surface area contributed by atoms with Crippen LogP contribution < -0.4 is 4.72 Å². The standard InChI is InChI=1S/C19H16FNO6S/c1-11-13-5-3-4-6-17(13)27-18(11)16(22)10-26-19(23)14-9-12(7-8-15(14)20)28(24,25)21-2/h3-9,21H,10H2,1-2H3. The molecule has 0 saturated heterocycles. The van der Waals surface area contributed by atoms with Crippen LogP contribution in [0.5, 0.6) is 0 Å². The quantitative estimate of drug-likeness (QED) is 0.500. The molecule has 2 aromatic carbocycles. The Morgan fingerprint density at radius 1 is 1.18 bits per heavy atom. The first-order chi connectivity index (χ1) is 13.2. The zero-order chi connectivity index (χ0) is 20.5. The number of esters is 1. The minimum atomic E-state index is -3.87. The van der Waals surface area contributed by atoms with Crippen LogP contribution in [0.2, 0.25) is 0 Å². The highest BCUT2D eigenvalue weighted by molar-refractivity contribution is 7.89. The Labute approximate surface area is 160 Å². The summed E-state index contributed by atoms with van der Waals surface area (Å²) in [5.41, 5.74) is 0.529. The van der Waals surface area contributed by atoms with Crippen LogP contribution in [0.25, 0.3) is 11.0 Å². The molecule has 146 valence electrons. The highest BCUT2D eigenvalue weighted by Crippen LogP contribution is 2.25. The molecule has 0 aliphatic rings. The van der Waals surface area contributed by atoms with E-state index >= 15 is 0 Å². The third kappa shape index (κ3) is 3.67. The van der Waals surface area contributed by atoms with Crippen molar-refractivity contribution in [1.82, 2.24) is 4.72 Å². The van der Waals surface area contributed by atoms with E-state index in [0.29, 0.717) is 11.1 Å². The van der Waals surface area contributed by atoms with Crippen LogP contribution >= 0.6 is 0 Å². The zero-order valence-electron chi connectivity index (χ0n) is 15.0. The number of hydrogen-bond acceptors (Lipinski definition) is 6. The van der Waals surface area contributed by atoms with Gasteiger partial charge in [0.2, 0.25) is 15.8 Å². The lowest BCUT2D eigenvalue weighted by atomic mass is 10.1. The maximum absolute atomic E-state index is 13.9. The molecule has 0 fully saturated rings. The molecular weight excluding hydrogens is 389 g/mol. The van der Waals surface area contributed by atoms with Crippen molar-refractivity contribution in [3.05, 3.63) is 65.2 Å². The van der Waals surface area contributed by atoms with Crippen molar-refractivity contribution in [1.29, 1.82) is 0 Å². The minimum Gasteiger partial charge on any atom is -0.453 e. The van der Waals surface area contributed by atoms with E-state index in [2.05, 4.69) is 4.72 Å². The summed E-state index contributed by atoms with van der Waals surface area (Å²) in [6, 6.07) is 9.75. The fourth-order valence-corrected chi connectivity index (χ4v) is 3.42. The van der Waals surface area contributed by atoms with Crippen LogP contribution in [0.1, 0.15) is 26.5 Å². The molecule has 0 saturated carbocycles. The Morgan fingerprint density at radius 2 is 1.89 bits per heavy atom. The van der Waals surface area contributed by atoms with Crippen LogP contribution in [-0.2, 0) is 14.8 Å². The molecule has 1 aromatic heterocycles. The number of nitrogens with one attached hydrogen (secondary N) is 1. The number of carbonyl (C=O) groups excluding carboxylic acids is 2. The van der Waals surface area contributed by atoms with Crippen LogP contribution in [0.4, 0.5) is 4.39 Å². The fraction of sp³-hybridized carbons (Fsp3) is 0.158. The summed E-state index contributed by atoms with van der Waals surface area (Å²) in [5, 5.41) is 0.758. The number of furan rings is 1. The number of sulfonamides is 1. The molecule has 0 unspecified atom stereocenters. The van der Waals surface area contributed by atoms with Crippen LogP contribution in [-0.4, -0.2) is 33.8 Å². The predicted molar refractivity (Wildman–Crippen MR) is 98.2 cm³/mol. The van der Waals surface area contributed by atoms with E-state index in [1.165, 1.54) is 7.05 Å². The van der Waals surface area contributed by atoms with Gasteiger partial charge in [-0.15, -0.1) is 0 Å². The Morgan fingerprint density at radius 3 is 2.57 bits per heavy atom. The largest absolute Gasteiger partial charge is 0.453 e. The zero-order valence-corrected chi connectivity index (χ0v) is 15.8. The van der Waals surface area contributed by atoms with Crippen molar-refractivity contribution in [2.45, 2.75) is 11.8 Å². The van der Waals surface area contributed by atoms with Crippen molar-refractivity contribution in [3.63, 3.8) is 0 Å². The molecule has 0 aliphatic heterocycles. The molecule has 0 amide bonds. The lowest BCUT2D eigenvalue weighted by Crippen LogP contribution is -2.20. The van der Waals surface area contributed by atoms with Crippen LogP contribution in [0.3, 0.4) is 0 Å². The maximum atomic E-state index is 13.9. The molecule has 7 nitrogen and oxygen atoms in total. The monoisotopic (exact) mass is 405 g/mol. The van der Waals surface area contributed by atoms with Gasteiger partial charge in [-0.25, -0.2) is 22.3 Å². The molecule has 28 heavy (non-hydrogen) atoms. The molecule has 1 N–H and O–H groups in total. The lowest BCUT2D eigenvalue weighted by molar-refractivity contribution is 0.0463. The number of ketones is 1. The fourth-order valence-electron chi connectivity index (χ4n) is 2.66. The average molecular weight is 405 g/mol. The highest BCUT2D eigenvalue weighted by atomic mass is 32.2. The summed E-state index contributed by atoms with van der Waals surface area (Å²) in [4.78, 5) is 24.2. The van der Waals surface area contributed by atoms with Crippen molar-refractivity contribution in [2.75, 3.05) is 13.7 Å². The number of hydrogen-bond donors (Lipinski definition) is 1. The van der Waals surface area contributed by atoms with E-state index in [1.807, 2.05) is 0 Å². The number of halogens is 1. The third-order valence-electron chi connectivity index (χ3n) is 4.17. The first kappa shape index (κ1) is 19.7. The molecule has 0 aliphatic carbocycles. The summed E-state index contributed by atoms with van der Waals surface area (Å²) in [7, 11) is -2.69. The van der Waals surface area contributed by atoms with Gasteiger partial charge in [0.05, 0.1) is 10.5 Å². The first-order valence-electron chi connectivity index (χ1n) is 8.16. The summed E-state index contributed by atoms with van der Waals surface area (Å²) in [6.07, 6.45) is 0. The molecule has 1 heterocycles.